The molecule has 2 rings (SSSR count). The summed E-state index contributed by atoms with van der Waals surface area (Å²) in [6.07, 6.45) is 0. The maximum absolute atomic E-state index is 11.8. The summed E-state index contributed by atoms with van der Waals surface area (Å²) in [5, 5.41) is 1.10. The molecule has 1 aromatic heterocycles. The van der Waals surface area contributed by atoms with E-state index in [1.165, 1.54) is 11.1 Å². The number of aromatic nitrogens is 1. The van der Waals surface area contributed by atoms with Gasteiger partial charge in [0.2, 0.25) is 0 Å². The third-order valence-electron chi connectivity index (χ3n) is 3.38. The lowest BCUT2D eigenvalue weighted by molar-refractivity contribution is 0.0526. The Bertz CT molecular complexity index is 665. The number of carbonyl (C=O) groups is 1. The quantitative estimate of drug-likeness (QED) is 0.615. The zero-order chi connectivity index (χ0) is 14.2. The van der Waals surface area contributed by atoms with Gasteiger partial charge in [0, 0.05) is 5.39 Å². The molecule has 0 spiro atoms. The molecule has 100 valence electrons. The Labute approximate surface area is 117 Å². The molecule has 0 saturated carbocycles. The van der Waals surface area contributed by atoms with Crippen LogP contribution in [0, 0.1) is 20.8 Å². The van der Waals surface area contributed by atoms with Crippen LogP contribution in [-0.4, -0.2) is 17.6 Å². The Kier molecular flexibility index (Phi) is 3.76. The van der Waals surface area contributed by atoms with Crippen molar-refractivity contribution in [3.63, 3.8) is 0 Å². The molecular weight excluding hydrogens is 262 g/mol. The summed E-state index contributed by atoms with van der Waals surface area (Å²) in [5.74, 6) is -0.433. The second-order valence-corrected chi connectivity index (χ2v) is 4.92. The van der Waals surface area contributed by atoms with E-state index in [0.717, 1.165) is 16.5 Å². The fraction of sp³-hybridized carbons (Fsp3) is 0.333. The highest BCUT2D eigenvalue weighted by Gasteiger charge is 2.16. The standard InChI is InChI=1S/C15H16ClNO2/c1-5-19-15(18)12-7-11-6-8(2)9(3)10(4)13(11)17-14(12)16/h6-7H,5H2,1-4H3. The van der Waals surface area contributed by atoms with Crippen molar-refractivity contribution in [1.29, 1.82) is 0 Å². The average Bonchev–Trinajstić information content (AvgIpc) is 2.37. The Morgan fingerprint density at radius 3 is 2.58 bits per heavy atom. The average molecular weight is 278 g/mol. The van der Waals surface area contributed by atoms with Crippen molar-refractivity contribution in [3.8, 4) is 0 Å². The van der Waals surface area contributed by atoms with Crippen molar-refractivity contribution in [3.05, 3.63) is 39.5 Å². The molecule has 4 heteroatoms. The first-order valence-electron chi connectivity index (χ1n) is 6.19. The monoisotopic (exact) mass is 277 g/mol. The number of hydrogen-bond acceptors (Lipinski definition) is 3. The summed E-state index contributed by atoms with van der Waals surface area (Å²) in [6, 6.07) is 3.77. The Hall–Kier alpha value is -1.61. The van der Waals surface area contributed by atoms with E-state index >= 15 is 0 Å². The minimum Gasteiger partial charge on any atom is -0.462 e. The number of fused-ring (bicyclic) bond motifs is 1. The van der Waals surface area contributed by atoms with Crippen molar-refractivity contribution in [2.75, 3.05) is 6.61 Å². The fourth-order valence-electron chi connectivity index (χ4n) is 2.08. The second kappa shape index (κ2) is 5.17. The number of aryl methyl sites for hydroxylation is 2. The minimum atomic E-state index is -0.433. The maximum atomic E-state index is 11.8. The highest BCUT2D eigenvalue weighted by molar-refractivity contribution is 6.33. The number of rotatable bonds is 2. The van der Waals surface area contributed by atoms with Crippen LogP contribution in [0.15, 0.2) is 12.1 Å². The van der Waals surface area contributed by atoms with E-state index in [2.05, 4.69) is 11.9 Å². The van der Waals surface area contributed by atoms with Crippen LogP contribution in [0.5, 0.6) is 0 Å². The predicted octanol–water partition coefficient (Wildman–Crippen LogP) is 3.99. The van der Waals surface area contributed by atoms with Crippen molar-refractivity contribution in [2.45, 2.75) is 27.7 Å². The molecule has 0 radical (unpaired) electrons. The molecule has 2 aromatic rings. The molecule has 0 aliphatic carbocycles. The van der Waals surface area contributed by atoms with Crippen molar-refractivity contribution in [2.24, 2.45) is 0 Å². The first kappa shape index (κ1) is 13.8. The van der Waals surface area contributed by atoms with Gasteiger partial charge in [0.15, 0.2) is 0 Å². The lowest BCUT2D eigenvalue weighted by atomic mass is 9.99. The van der Waals surface area contributed by atoms with E-state index in [-0.39, 0.29) is 5.15 Å². The minimum absolute atomic E-state index is 0.192. The number of pyridine rings is 1. The smallest absolute Gasteiger partial charge is 0.341 e. The van der Waals surface area contributed by atoms with E-state index in [0.29, 0.717) is 12.2 Å². The summed E-state index contributed by atoms with van der Waals surface area (Å²) in [6.45, 7) is 8.19. The molecule has 0 fully saturated rings. The number of esters is 1. The maximum Gasteiger partial charge on any atom is 0.341 e. The molecule has 1 heterocycles. The summed E-state index contributed by atoms with van der Waals surface area (Å²) < 4.78 is 4.98. The molecule has 0 bridgehead atoms. The lowest BCUT2D eigenvalue weighted by Gasteiger charge is -2.11. The predicted molar refractivity (Wildman–Crippen MR) is 76.9 cm³/mol. The van der Waals surface area contributed by atoms with Gasteiger partial charge in [-0.25, -0.2) is 9.78 Å². The molecule has 1 aromatic carbocycles. The van der Waals surface area contributed by atoms with Crippen LogP contribution in [0.25, 0.3) is 10.9 Å². The number of ether oxygens (including phenoxy) is 1. The lowest BCUT2D eigenvalue weighted by Crippen LogP contribution is -2.07. The third-order valence-corrected chi connectivity index (χ3v) is 3.67. The normalized spacial score (nSPS) is 10.8. The highest BCUT2D eigenvalue weighted by atomic mass is 35.5. The molecule has 0 aliphatic heterocycles. The van der Waals surface area contributed by atoms with Gasteiger partial charge < -0.3 is 4.74 Å². The summed E-state index contributed by atoms with van der Waals surface area (Å²) in [7, 11) is 0. The first-order chi connectivity index (χ1) is 8.95. The topological polar surface area (TPSA) is 39.2 Å². The van der Waals surface area contributed by atoms with Crippen LogP contribution >= 0.6 is 11.6 Å². The van der Waals surface area contributed by atoms with Crippen LogP contribution < -0.4 is 0 Å². The molecule has 3 nitrogen and oxygen atoms in total. The molecule has 0 N–H and O–H groups in total. The van der Waals surface area contributed by atoms with Gasteiger partial charge in [0.25, 0.3) is 0 Å². The van der Waals surface area contributed by atoms with E-state index < -0.39 is 5.97 Å². The summed E-state index contributed by atoms with van der Waals surface area (Å²) in [5.41, 5.74) is 4.61. The SMILES string of the molecule is CCOC(=O)c1cc2cc(C)c(C)c(C)c2nc1Cl. The van der Waals surface area contributed by atoms with Gasteiger partial charge in [-0.05, 0) is 56.5 Å². The number of nitrogens with zero attached hydrogens (tertiary/aromatic N) is 1. The zero-order valence-electron chi connectivity index (χ0n) is 11.5. The van der Waals surface area contributed by atoms with Crippen molar-refractivity contribution >= 4 is 28.5 Å². The molecular formula is C15H16ClNO2. The fourth-order valence-corrected chi connectivity index (χ4v) is 2.30. The van der Waals surface area contributed by atoms with Gasteiger partial charge >= 0.3 is 5.97 Å². The number of hydrogen-bond donors (Lipinski definition) is 0. The number of halogens is 1. The third kappa shape index (κ3) is 2.43. The Balaban J connectivity index is 2.69. The van der Waals surface area contributed by atoms with E-state index in [9.17, 15) is 4.79 Å². The first-order valence-corrected chi connectivity index (χ1v) is 6.57. The Morgan fingerprint density at radius 1 is 1.26 bits per heavy atom. The zero-order valence-corrected chi connectivity index (χ0v) is 12.3. The largest absolute Gasteiger partial charge is 0.462 e. The van der Waals surface area contributed by atoms with Crippen LogP contribution in [0.2, 0.25) is 5.15 Å². The molecule has 0 saturated heterocycles. The van der Waals surface area contributed by atoms with E-state index in [1.807, 2.05) is 19.9 Å². The number of carbonyl (C=O) groups excluding carboxylic acids is 1. The van der Waals surface area contributed by atoms with Gasteiger partial charge in [-0.1, -0.05) is 11.6 Å². The van der Waals surface area contributed by atoms with Crippen LogP contribution in [-0.2, 0) is 4.74 Å². The molecule has 0 amide bonds. The number of benzene rings is 1. The summed E-state index contributed by atoms with van der Waals surface area (Å²) in [4.78, 5) is 16.1. The molecule has 0 aliphatic rings. The van der Waals surface area contributed by atoms with E-state index in [4.69, 9.17) is 16.3 Å². The van der Waals surface area contributed by atoms with Crippen molar-refractivity contribution in [1.82, 2.24) is 4.98 Å². The van der Waals surface area contributed by atoms with Crippen LogP contribution in [0.3, 0.4) is 0 Å². The molecule has 19 heavy (non-hydrogen) atoms. The van der Waals surface area contributed by atoms with Crippen LogP contribution in [0.1, 0.15) is 34.0 Å². The van der Waals surface area contributed by atoms with Gasteiger partial charge in [0.1, 0.15) is 5.15 Å². The van der Waals surface area contributed by atoms with Gasteiger partial charge in [0.05, 0.1) is 17.7 Å². The summed E-state index contributed by atoms with van der Waals surface area (Å²) >= 11 is 6.09. The molecule has 0 atom stereocenters. The molecule has 0 unspecified atom stereocenters. The second-order valence-electron chi connectivity index (χ2n) is 4.56. The Morgan fingerprint density at radius 2 is 1.95 bits per heavy atom. The van der Waals surface area contributed by atoms with Gasteiger partial charge in [-0.3, -0.25) is 0 Å². The van der Waals surface area contributed by atoms with Crippen molar-refractivity contribution < 1.29 is 9.53 Å². The van der Waals surface area contributed by atoms with E-state index in [1.54, 1.807) is 13.0 Å². The highest BCUT2D eigenvalue weighted by Crippen LogP contribution is 2.27. The van der Waals surface area contributed by atoms with Crippen LogP contribution in [0.4, 0.5) is 0 Å². The van der Waals surface area contributed by atoms with Gasteiger partial charge in [-0.15, -0.1) is 0 Å². The van der Waals surface area contributed by atoms with Gasteiger partial charge in [-0.2, -0.15) is 0 Å².